The molecule has 1 amide bonds. The second kappa shape index (κ2) is 5.78. The molecular weight excluding hydrogens is 328 g/mol. The molecule has 20 heavy (non-hydrogen) atoms. The van der Waals surface area contributed by atoms with E-state index in [0.717, 1.165) is 10.0 Å². The Morgan fingerprint density at radius 1 is 1.60 bits per heavy atom. The molecule has 1 aromatic carbocycles. The van der Waals surface area contributed by atoms with Crippen molar-refractivity contribution in [2.75, 3.05) is 14.2 Å². The number of hydrogen-bond donors (Lipinski definition) is 0. The summed E-state index contributed by atoms with van der Waals surface area (Å²) in [6, 6.07) is 4.83. The van der Waals surface area contributed by atoms with Crippen LogP contribution in [0, 0.1) is 16.0 Å². The highest BCUT2D eigenvalue weighted by atomic mass is 79.9. The Kier molecular flexibility index (Phi) is 4.27. The van der Waals surface area contributed by atoms with Crippen molar-refractivity contribution in [2.45, 2.75) is 19.0 Å². The summed E-state index contributed by atoms with van der Waals surface area (Å²) in [5, 5.41) is 10.6. The van der Waals surface area contributed by atoms with Crippen molar-refractivity contribution in [3.8, 4) is 5.75 Å². The van der Waals surface area contributed by atoms with Crippen molar-refractivity contribution >= 4 is 21.8 Å². The highest BCUT2D eigenvalue weighted by molar-refractivity contribution is 9.10. The summed E-state index contributed by atoms with van der Waals surface area (Å²) in [5.41, 5.74) is 0.857. The number of carbonyl (C=O) groups excluding carboxylic acids is 1. The van der Waals surface area contributed by atoms with Gasteiger partial charge in [-0.25, -0.2) is 0 Å². The zero-order chi connectivity index (χ0) is 14.9. The molecule has 2 rings (SSSR count). The molecule has 1 aliphatic carbocycles. The third-order valence-electron chi connectivity index (χ3n) is 3.37. The van der Waals surface area contributed by atoms with Crippen molar-refractivity contribution in [1.82, 2.24) is 4.90 Å². The van der Waals surface area contributed by atoms with E-state index >= 15 is 0 Å². The smallest absolute Gasteiger partial charge is 0.232 e. The van der Waals surface area contributed by atoms with Gasteiger partial charge in [0.1, 0.15) is 11.7 Å². The summed E-state index contributed by atoms with van der Waals surface area (Å²) in [6.45, 7) is 0.363. The van der Waals surface area contributed by atoms with Crippen LogP contribution in [0.25, 0.3) is 0 Å². The molecule has 0 spiro atoms. The number of halogens is 1. The fourth-order valence-electron chi connectivity index (χ4n) is 2.17. The molecule has 0 unspecified atom stereocenters. The Morgan fingerprint density at radius 3 is 2.85 bits per heavy atom. The number of hydrogen-bond acceptors (Lipinski definition) is 4. The average Bonchev–Trinajstić information content (AvgIpc) is 3.18. The highest BCUT2D eigenvalue weighted by Crippen LogP contribution is 2.35. The van der Waals surface area contributed by atoms with Gasteiger partial charge in [0.2, 0.25) is 11.9 Å². The van der Waals surface area contributed by atoms with Gasteiger partial charge in [0, 0.05) is 35.0 Å². The van der Waals surface area contributed by atoms with Crippen LogP contribution in [0.2, 0.25) is 0 Å². The third-order valence-corrected chi connectivity index (χ3v) is 3.86. The van der Waals surface area contributed by atoms with Crippen molar-refractivity contribution in [2.24, 2.45) is 5.92 Å². The fraction of sp³-hybridized carbons (Fsp3) is 0.462. The Bertz CT molecular complexity index is 549. The lowest BCUT2D eigenvalue weighted by Crippen LogP contribution is -2.29. The predicted octanol–water partition coefficient (Wildman–Crippen LogP) is 2.08. The minimum atomic E-state index is -0.714. The van der Waals surface area contributed by atoms with Gasteiger partial charge in [0.25, 0.3) is 0 Å². The molecule has 0 N–H and O–H groups in total. The molecule has 0 heterocycles. The van der Waals surface area contributed by atoms with E-state index in [1.165, 1.54) is 4.90 Å². The molecule has 7 heteroatoms. The normalized spacial score (nSPS) is 20.4. The molecular formula is C13H15BrN2O4. The quantitative estimate of drug-likeness (QED) is 0.606. The summed E-state index contributed by atoms with van der Waals surface area (Å²) < 4.78 is 6.14. The van der Waals surface area contributed by atoms with Gasteiger partial charge < -0.3 is 9.64 Å². The van der Waals surface area contributed by atoms with Crippen molar-refractivity contribution in [3.63, 3.8) is 0 Å². The maximum Gasteiger partial charge on any atom is 0.232 e. The van der Waals surface area contributed by atoms with E-state index in [2.05, 4.69) is 15.9 Å². The van der Waals surface area contributed by atoms with Gasteiger partial charge in [-0.05, 0) is 18.2 Å². The van der Waals surface area contributed by atoms with E-state index in [9.17, 15) is 14.9 Å². The molecule has 1 aliphatic rings. The number of nitro groups is 1. The fourth-order valence-corrected chi connectivity index (χ4v) is 2.58. The first-order chi connectivity index (χ1) is 9.43. The standard InChI is InChI=1S/C13H15BrN2O4/c1-15(13(17)10-6-11(10)16(18)19)7-8-5-9(14)3-4-12(8)20-2/h3-5,10-11H,6-7H2,1-2H3/t10-,11+/m1/s1. The van der Waals surface area contributed by atoms with Gasteiger partial charge in [-0.2, -0.15) is 0 Å². The van der Waals surface area contributed by atoms with Gasteiger partial charge in [0.05, 0.1) is 7.11 Å². The predicted molar refractivity (Wildman–Crippen MR) is 76.1 cm³/mol. The van der Waals surface area contributed by atoms with E-state index in [4.69, 9.17) is 4.74 Å². The van der Waals surface area contributed by atoms with Crippen LogP contribution in [0.3, 0.4) is 0 Å². The first kappa shape index (κ1) is 14.8. The zero-order valence-corrected chi connectivity index (χ0v) is 12.8. The molecule has 0 saturated heterocycles. The van der Waals surface area contributed by atoms with Crippen LogP contribution in [-0.4, -0.2) is 35.9 Å². The maximum atomic E-state index is 12.1. The van der Waals surface area contributed by atoms with E-state index in [-0.39, 0.29) is 10.8 Å². The minimum absolute atomic E-state index is 0.186. The van der Waals surface area contributed by atoms with Crippen LogP contribution in [-0.2, 0) is 11.3 Å². The largest absolute Gasteiger partial charge is 0.496 e. The lowest BCUT2D eigenvalue weighted by atomic mass is 10.2. The SMILES string of the molecule is COc1ccc(Br)cc1CN(C)C(=O)[C@@H]1C[C@@H]1[N+](=O)[O-]. The molecule has 0 aliphatic heterocycles. The number of methoxy groups -OCH3 is 1. The first-order valence-corrected chi connectivity index (χ1v) is 6.94. The molecule has 6 nitrogen and oxygen atoms in total. The summed E-state index contributed by atoms with van der Waals surface area (Å²) >= 11 is 3.37. The molecule has 108 valence electrons. The highest BCUT2D eigenvalue weighted by Gasteiger charge is 2.54. The molecule has 2 atom stereocenters. The van der Waals surface area contributed by atoms with Gasteiger partial charge in [-0.3, -0.25) is 14.9 Å². The monoisotopic (exact) mass is 342 g/mol. The number of carbonyl (C=O) groups is 1. The Balaban J connectivity index is 2.05. The number of nitrogens with zero attached hydrogens (tertiary/aromatic N) is 2. The second-order valence-electron chi connectivity index (χ2n) is 4.85. The van der Waals surface area contributed by atoms with E-state index in [0.29, 0.717) is 18.7 Å². The second-order valence-corrected chi connectivity index (χ2v) is 5.76. The van der Waals surface area contributed by atoms with Gasteiger partial charge in [0.15, 0.2) is 0 Å². The molecule has 1 fully saturated rings. The lowest BCUT2D eigenvalue weighted by molar-refractivity contribution is -0.497. The van der Waals surface area contributed by atoms with Crippen molar-refractivity contribution in [1.29, 1.82) is 0 Å². The van der Waals surface area contributed by atoms with Gasteiger partial charge in [-0.1, -0.05) is 15.9 Å². The minimum Gasteiger partial charge on any atom is -0.496 e. The first-order valence-electron chi connectivity index (χ1n) is 6.15. The molecule has 1 aromatic rings. The number of rotatable bonds is 5. The summed E-state index contributed by atoms with van der Waals surface area (Å²) in [5.74, 6) is 0.0244. The van der Waals surface area contributed by atoms with Crippen LogP contribution in [0.4, 0.5) is 0 Å². The maximum absolute atomic E-state index is 12.1. The zero-order valence-electron chi connectivity index (χ0n) is 11.2. The number of benzene rings is 1. The van der Waals surface area contributed by atoms with Gasteiger partial charge >= 0.3 is 0 Å². The van der Waals surface area contributed by atoms with Crippen LogP contribution >= 0.6 is 15.9 Å². The summed E-state index contributed by atoms with van der Waals surface area (Å²) in [7, 11) is 3.22. The third kappa shape index (κ3) is 3.09. The summed E-state index contributed by atoms with van der Waals surface area (Å²) in [4.78, 5) is 23.8. The van der Waals surface area contributed by atoms with Gasteiger partial charge in [-0.15, -0.1) is 0 Å². The van der Waals surface area contributed by atoms with E-state index in [1.54, 1.807) is 14.2 Å². The van der Waals surface area contributed by atoms with Crippen LogP contribution in [0.1, 0.15) is 12.0 Å². The van der Waals surface area contributed by atoms with E-state index < -0.39 is 12.0 Å². The average molecular weight is 343 g/mol. The lowest BCUT2D eigenvalue weighted by Gasteiger charge is -2.18. The molecule has 0 radical (unpaired) electrons. The number of ether oxygens (including phenoxy) is 1. The van der Waals surface area contributed by atoms with E-state index in [1.807, 2.05) is 18.2 Å². The van der Waals surface area contributed by atoms with Crippen molar-refractivity contribution in [3.05, 3.63) is 38.3 Å². The molecule has 0 bridgehead atoms. The summed E-state index contributed by atoms with van der Waals surface area (Å²) in [6.07, 6.45) is 0.339. The van der Waals surface area contributed by atoms with Crippen molar-refractivity contribution < 1.29 is 14.5 Å². The molecule has 1 saturated carbocycles. The topological polar surface area (TPSA) is 72.7 Å². The van der Waals surface area contributed by atoms with Crippen LogP contribution in [0.15, 0.2) is 22.7 Å². The Labute approximate surface area is 125 Å². The van der Waals surface area contributed by atoms with Crippen LogP contribution in [0.5, 0.6) is 5.75 Å². The molecule has 0 aromatic heterocycles. The number of amides is 1. The Hall–Kier alpha value is -1.63. The van der Waals surface area contributed by atoms with Crippen LogP contribution < -0.4 is 4.74 Å². The Morgan fingerprint density at radius 2 is 2.30 bits per heavy atom.